The van der Waals surface area contributed by atoms with Crippen LogP contribution in [0, 0.1) is 19.8 Å². The summed E-state index contributed by atoms with van der Waals surface area (Å²) in [6, 6.07) is 5.32. The molecule has 138 valence electrons. The first-order valence-corrected chi connectivity index (χ1v) is 9.41. The largest absolute Gasteiger partial charge is 0.376 e. The number of amides is 2. The standard InChI is InChI=1S/C18H22N4O3S/c1-11-4-3-5-15(22-11)18(24)19-7-14-6-13(9-25-14)17(23)20-8-16-12(2)21-10-26-16/h3-5,10,13-14H,6-9H2,1-2H3,(H,19,24)(H,20,23)/t13-,14-/m0/s1. The average Bonchev–Trinajstić information content (AvgIpc) is 3.26. The molecule has 0 spiro atoms. The molecule has 0 radical (unpaired) electrons. The van der Waals surface area contributed by atoms with Gasteiger partial charge >= 0.3 is 0 Å². The highest BCUT2D eigenvalue weighted by atomic mass is 32.1. The maximum Gasteiger partial charge on any atom is 0.269 e. The Bertz CT molecular complexity index is 792. The van der Waals surface area contributed by atoms with Gasteiger partial charge in [0.05, 0.1) is 36.4 Å². The van der Waals surface area contributed by atoms with Crippen molar-refractivity contribution in [2.24, 2.45) is 5.92 Å². The van der Waals surface area contributed by atoms with Gasteiger partial charge in [-0.3, -0.25) is 9.59 Å². The van der Waals surface area contributed by atoms with Crippen LogP contribution in [0.25, 0.3) is 0 Å². The number of hydrogen-bond donors (Lipinski definition) is 2. The second kappa shape index (κ2) is 8.37. The third-order valence-electron chi connectivity index (χ3n) is 4.33. The normalized spacial score (nSPS) is 19.3. The van der Waals surface area contributed by atoms with Crippen LogP contribution >= 0.6 is 11.3 Å². The smallest absolute Gasteiger partial charge is 0.269 e. The van der Waals surface area contributed by atoms with Crippen molar-refractivity contribution in [1.82, 2.24) is 20.6 Å². The van der Waals surface area contributed by atoms with Gasteiger partial charge in [-0.1, -0.05) is 6.07 Å². The van der Waals surface area contributed by atoms with Crippen molar-refractivity contribution in [3.63, 3.8) is 0 Å². The summed E-state index contributed by atoms with van der Waals surface area (Å²) < 4.78 is 5.65. The monoisotopic (exact) mass is 374 g/mol. The van der Waals surface area contributed by atoms with Gasteiger partial charge in [0, 0.05) is 17.1 Å². The highest BCUT2D eigenvalue weighted by molar-refractivity contribution is 7.09. The van der Waals surface area contributed by atoms with Crippen molar-refractivity contribution in [3.05, 3.63) is 45.7 Å². The van der Waals surface area contributed by atoms with Crippen LogP contribution in [-0.2, 0) is 16.1 Å². The Labute approximate surface area is 156 Å². The zero-order valence-corrected chi connectivity index (χ0v) is 15.6. The molecule has 26 heavy (non-hydrogen) atoms. The molecule has 0 aromatic carbocycles. The quantitative estimate of drug-likeness (QED) is 0.801. The molecule has 1 aliphatic heterocycles. The Morgan fingerprint density at radius 1 is 1.31 bits per heavy atom. The van der Waals surface area contributed by atoms with E-state index in [-0.39, 0.29) is 23.8 Å². The molecule has 2 amide bonds. The van der Waals surface area contributed by atoms with Crippen molar-refractivity contribution >= 4 is 23.2 Å². The molecule has 2 aromatic heterocycles. The lowest BCUT2D eigenvalue weighted by Crippen LogP contribution is -2.33. The van der Waals surface area contributed by atoms with E-state index in [0.29, 0.717) is 31.8 Å². The first-order chi connectivity index (χ1) is 12.5. The molecule has 1 fully saturated rings. The van der Waals surface area contributed by atoms with Crippen LogP contribution < -0.4 is 10.6 Å². The highest BCUT2D eigenvalue weighted by Crippen LogP contribution is 2.20. The lowest BCUT2D eigenvalue weighted by molar-refractivity contribution is -0.125. The van der Waals surface area contributed by atoms with Crippen molar-refractivity contribution in [2.45, 2.75) is 32.9 Å². The topological polar surface area (TPSA) is 93.2 Å². The van der Waals surface area contributed by atoms with Crippen molar-refractivity contribution in [3.8, 4) is 0 Å². The number of carbonyl (C=O) groups excluding carboxylic acids is 2. The molecule has 0 unspecified atom stereocenters. The van der Waals surface area contributed by atoms with E-state index >= 15 is 0 Å². The van der Waals surface area contributed by atoms with E-state index in [1.54, 1.807) is 17.6 Å². The number of nitrogens with zero attached hydrogens (tertiary/aromatic N) is 2. The van der Waals surface area contributed by atoms with E-state index < -0.39 is 0 Å². The van der Waals surface area contributed by atoms with Crippen molar-refractivity contribution < 1.29 is 14.3 Å². The predicted octanol–water partition coefficient (Wildman–Crippen LogP) is 1.61. The first-order valence-electron chi connectivity index (χ1n) is 8.53. The summed E-state index contributed by atoms with van der Waals surface area (Å²) in [5, 5.41) is 5.76. The molecule has 2 N–H and O–H groups in total. The molecule has 0 saturated carbocycles. The predicted molar refractivity (Wildman–Crippen MR) is 97.9 cm³/mol. The summed E-state index contributed by atoms with van der Waals surface area (Å²) in [4.78, 5) is 33.8. The van der Waals surface area contributed by atoms with Gasteiger partial charge in [-0.25, -0.2) is 9.97 Å². The van der Waals surface area contributed by atoms with Crippen LogP contribution in [0.3, 0.4) is 0 Å². The number of nitrogens with one attached hydrogen (secondary N) is 2. The number of thiazole rings is 1. The van der Waals surface area contributed by atoms with Gasteiger partial charge in [0.1, 0.15) is 5.69 Å². The minimum atomic E-state index is -0.231. The Morgan fingerprint density at radius 2 is 2.15 bits per heavy atom. The van der Waals surface area contributed by atoms with Gasteiger partial charge in [-0.15, -0.1) is 11.3 Å². The van der Waals surface area contributed by atoms with E-state index in [1.165, 1.54) is 11.3 Å². The van der Waals surface area contributed by atoms with Crippen LogP contribution in [0.15, 0.2) is 23.7 Å². The molecule has 0 bridgehead atoms. The maximum absolute atomic E-state index is 12.3. The fraction of sp³-hybridized carbons (Fsp3) is 0.444. The number of hydrogen-bond acceptors (Lipinski definition) is 6. The van der Waals surface area contributed by atoms with E-state index in [2.05, 4.69) is 20.6 Å². The summed E-state index contributed by atoms with van der Waals surface area (Å²) in [6.07, 6.45) is 0.430. The van der Waals surface area contributed by atoms with E-state index in [1.807, 2.05) is 19.9 Å². The van der Waals surface area contributed by atoms with Crippen LogP contribution in [0.4, 0.5) is 0 Å². The fourth-order valence-corrected chi connectivity index (χ4v) is 3.52. The lowest BCUT2D eigenvalue weighted by atomic mass is 10.0. The van der Waals surface area contributed by atoms with Crippen LogP contribution in [0.5, 0.6) is 0 Å². The molecule has 1 saturated heterocycles. The lowest BCUT2D eigenvalue weighted by Gasteiger charge is -2.11. The van der Waals surface area contributed by atoms with E-state index in [4.69, 9.17) is 4.74 Å². The Kier molecular flexibility index (Phi) is 5.95. The second-order valence-corrected chi connectivity index (χ2v) is 7.28. The minimum absolute atomic E-state index is 0.0213. The molecule has 0 aliphatic carbocycles. The van der Waals surface area contributed by atoms with Gasteiger partial charge in [0.2, 0.25) is 5.91 Å². The van der Waals surface area contributed by atoms with Gasteiger partial charge < -0.3 is 15.4 Å². The fourth-order valence-electron chi connectivity index (χ4n) is 2.80. The third-order valence-corrected chi connectivity index (χ3v) is 5.27. The summed E-state index contributed by atoms with van der Waals surface area (Å²) >= 11 is 1.53. The molecule has 3 rings (SSSR count). The number of pyridine rings is 1. The molecule has 8 heteroatoms. The molecular formula is C18H22N4O3S. The van der Waals surface area contributed by atoms with Gasteiger partial charge in [-0.2, -0.15) is 0 Å². The summed E-state index contributed by atoms with van der Waals surface area (Å²) in [6.45, 7) is 5.00. The van der Waals surface area contributed by atoms with E-state index in [0.717, 1.165) is 16.3 Å². The van der Waals surface area contributed by atoms with E-state index in [9.17, 15) is 9.59 Å². The van der Waals surface area contributed by atoms with Gasteiger partial charge in [0.15, 0.2) is 0 Å². The SMILES string of the molecule is Cc1cccc(C(=O)NC[C@@H]2C[C@H](C(=O)NCc3scnc3C)CO2)n1. The third kappa shape index (κ3) is 4.64. The van der Waals surface area contributed by atoms with Crippen LogP contribution in [-0.4, -0.2) is 41.0 Å². The molecule has 3 heterocycles. The molecule has 2 aromatic rings. The van der Waals surface area contributed by atoms with Crippen LogP contribution in [0.2, 0.25) is 0 Å². The van der Waals surface area contributed by atoms with Gasteiger partial charge in [0.25, 0.3) is 5.91 Å². The average molecular weight is 374 g/mol. The molecule has 7 nitrogen and oxygen atoms in total. The summed E-state index contributed by atoms with van der Waals surface area (Å²) in [7, 11) is 0. The number of rotatable bonds is 6. The summed E-state index contributed by atoms with van der Waals surface area (Å²) in [5.74, 6) is -0.444. The number of aryl methyl sites for hydroxylation is 2. The zero-order valence-electron chi connectivity index (χ0n) is 14.8. The summed E-state index contributed by atoms with van der Waals surface area (Å²) in [5.41, 5.74) is 3.90. The molecular weight excluding hydrogens is 352 g/mol. The number of ether oxygens (including phenoxy) is 1. The zero-order chi connectivity index (χ0) is 18.5. The van der Waals surface area contributed by atoms with Crippen molar-refractivity contribution in [1.29, 1.82) is 0 Å². The highest BCUT2D eigenvalue weighted by Gasteiger charge is 2.31. The van der Waals surface area contributed by atoms with Crippen molar-refractivity contribution in [2.75, 3.05) is 13.2 Å². The Morgan fingerprint density at radius 3 is 2.88 bits per heavy atom. The Balaban J connectivity index is 1.42. The minimum Gasteiger partial charge on any atom is -0.376 e. The maximum atomic E-state index is 12.3. The molecule has 1 aliphatic rings. The number of carbonyl (C=O) groups is 2. The number of aromatic nitrogens is 2. The second-order valence-electron chi connectivity index (χ2n) is 6.34. The molecule has 2 atom stereocenters. The van der Waals surface area contributed by atoms with Gasteiger partial charge in [-0.05, 0) is 32.4 Å². The Hall–Kier alpha value is -2.32. The van der Waals surface area contributed by atoms with Crippen LogP contribution in [0.1, 0.15) is 33.2 Å². The first kappa shape index (κ1) is 18.5.